The summed E-state index contributed by atoms with van der Waals surface area (Å²) in [7, 11) is 0. The molecular weight excluding hydrogens is 256 g/mol. The van der Waals surface area contributed by atoms with E-state index in [9.17, 15) is 0 Å². The molecule has 0 aromatic heterocycles. The van der Waals surface area contributed by atoms with Gasteiger partial charge in [-0.1, -0.05) is 34.6 Å². The zero-order valence-electron chi connectivity index (χ0n) is 15.1. The molecule has 124 valence electrons. The number of hydrogen-bond donors (Lipinski definition) is 1. The van der Waals surface area contributed by atoms with Crippen LogP contribution in [-0.4, -0.2) is 36.1 Å². The molecule has 3 atom stereocenters. The molecule has 2 fully saturated rings. The molecule has 0 amide bonds. The lowest BCUT2D eigenvalue weighted by Gasteiger charge is -2.45. The second-order valence-electron chi connectivity index (χ2n) is 8.27. The normalized spacial score (nSPS) is 30.6. The smallest absolute Gasteiger partial charge is 0.0255 e. The van der Waals surface area contributed by atoms with Crippen LogP contribution in [0.25, 0.3) is 0 Å². The standard InChI is InChI=1S/C19H38N2/c1-6-11-20-18-10-7-16(15(4)5)12-19(18)21(13-14(2)3)17-8-9-17/h14-20H,6-13H2,1-5H3. The number of hydrogen-bond acceptors (Lipinski definition) is 2. The van der Waals surface area contributed by atoms with Gasteiger partial charge in [0, 0.05) is 24.7 Å². The van der Waals surface area contributed by atoms with Crippen LogP contribution in [-0.2, 0) is 0 Å². The lowest BCUT2D eigenvalue weighted by molar-refractivity contribution is 0.0677. The molecule has 2 aliphatic carbocycles. The molecule has 0 aromatic carbocycles. The summed E-state index contributed by atoms with van der Waals surface area (Å²) in [5.74, 6) is 2.57. The van der Waals surface area contributed by atoms with Crippen molar-refractivity contribution in [2.45, 2.75) is 91.3 Å². The van der Waals surface area contributed by atoms with Gasteiger partial charge in [-0.25, -0.2) is 0 Å². The van der Waals surface area contributed by atoms with Crippen molar-refractivity contribution in [1.29, 1.82) is 0 Å². The fraction of sp³-hybridized carbons (Fsp3) is 1.00. The van der Waals surface area contributed by atoms with Gasteiger partial charge in [0.15, 0.2) is 0 Å². The van der Waals surface area contributed by atoms with E-state index in [1.807, 2.05) is 0 Å². The molecular formula is C19H38N2. The Bertz CT molecular complexity index is 296. The molecule has 0 radical (unpaired) electrons. The predicted molar refractivity (Wildman–Crippen MR) is 92.6 cm³/mol. The van der Waals surface area contributed by atoms with Crippen molar-refractivity contribution < 1.29 is 0 Å². The van der Waals surface area contributed by atoms with Gasteiger partial charge in [-0.3, -0.25) is 4.90 Å². The molecule has 21 heavy (non-hydrogen) atoms. The van der Waals surface area contributed by atoms with Crippen molar-refractivity contribution in [2.75, 3.05) is 13.1 Å². The maximum absolute atomic E-state index is 3.88. The van der Waals surface area contributed by atoms with Crippen LogP contribution >= 0.6 is 0 Å². The molecule has 0 aliphatic heterocycles. The maximum Gasteiger partial charge on any atom is 0.0255 e. The van der Waals surface area contributed by atoms with Crippen molar-refractivity contribution in [3.05, 3.63) is 0 Å². The average Bonchev–Trinajstić information content (AvgIpc) is 3.26. The molecule has 2 nitrogen and oxygen atoms in total. The molecule has 0 spiro atoms. The minimum absolute atomic E-state index is 0.735. The molecule has 1 N–H and O–H groups in total. The summed E-state index contributed by atoms with van der Waals surface area (Å²) in [4.78, 5) is 2.90. The van der Waals surface area contributed by atoms with Gasteiger partial charge in [0.25, 0.3) is 0 Å². The van der Waals surface area contributed by atoms with Gasteiger partial charge in [0.2, 0.25) is 0 Å². The first kappa shape index (κ1) is 17.3. The fourth-order valence-electron chi connectivity index (χ4n) is 4.10. The largest absolute Gasteiger partial charge is 0.312 e. The highest BCUT2D eigenvalue weighted by molar-refractivity contribution is 4.97. The summed E-state index contributed by atoms with van der Waals surface area (Å²) in [6.45, 7) is 14.4. The van der Waals surface area contributed by atoms with E-state index < -0.39 is 0 Å². The first-order valence-electron chi connectivity index (χ1n) is 9.52. The highest BCUT2D eigenvalue weighted by Gasteiger charge is 2.41. The quantitative estimate of drug-likeness (QED) is 0.718. The van der Waals surface area contributed by atoms with Gasteiger partial charge < -0.3 is 5.32 Å². The van der Waals surface area contributed by atoms with E-state index in [-0.39, 0.29) is 0 Å². The molecule has 0 saturated heterocycles. The molecule has 2 rings (SSSR count). The van der Waals surface area contributed by atoms with Gasteiger partial charge in [0.05, 0.1) is 0 Å². The predicted octanol–water partition coefficient (Wildman–Crippen LogP) is 4.30. The lowest BCUT2D eigenvalue weighted by atomic mass is 9.76. The first-order chi connectivity index (χ1) is 10.0. The topological polar surface area (TPSA) is 15.3 Å². The molecule has 0 aromatic rings. The van der Waals surface area contributed by atoms with Crippen LogP contribution in [0.4, 0.5) is 0 Å². The zero-order valence-corrected chi connectivity index (χ0v) is 15.1. The van der Waals surface area contributed by atoms with Crippen LogP contribution < -0.4 is 5.32 Å². The lowest BCUT2D eigenvalue weighted by Crippen LogP contribution is -2.55. The highest BCUT2D eigenvalue weighted by atomic mass is 15.2. The van der Waals surface area contributed by atoms with E-state index >= 15 is 0 Å². The zero-order chi connectivity index (χ0) is 15.4. The van der Waals surface area contributed by atoms with E-state index in [0.29, 0.717) is 0 Å². The third-order valence-electron chi connectivity index (χ3n) is 5.47. The Labute approximate surface area is 133 Å². The van der Waals surface area contributed by atoms with Crippen LogP contribution in [0, 0.1) is 17.8 Å². The third-order valence-corrected chi connectivity index (χ3v) is 5.47. The average molecular weight is 295 g/mol. The Morgan fingerprint density at radius 1 is 1.05 bits per heavy atom. The van der Waals surface area contributed by atoms with Crippen LogP contribution in [0.3, 0.4) is 0 Å². The summed E-state index contributed by atoms with van der Waals surface area (Å²) in [6.07, 6.45) is 8.36. The molecule has 2 saturated carbocycles. The van der Waals surface area contributed by atoms with E-state index in [4.69, 9.17) is 0 Å². The van der Waals surface area contributed by atoms with Crippen molar-refractivity contribution in [3.63, 3.8) is 0 Å². The molecule has 2 aliphatic rings. The Balaban J connectivity index is 2.05. The van der Waals surface area contributed by atoms with Crippen molar-refractivity contribution >= 4 is 0 Å². The molecule has 0 bridgehead atoms. The van der Waals surface area contributed by atoms with Crippen LogP contribution in [0.2, 0.25) is 0 Å². The molecule has 3 unspecified atom stereocenters. The molecule has 0 heterocycles. The second kappa shape index (κ2) is 7.97. The summed E-state index contributed by atoms with van der Waals surface area (Å²) in [5.41, 5.74) is 0. The minimum Gasteiger partial charge on any atom is -0.312 e. The van der Waals surface area contributed by atoms with Crippen molar-refractivity contribution in [2.24, 2.45) is 17.8 Å². The maximum atomic E-state index is 3.88. The second-order valence-corrected chi connectivity index (χ2v) is 8.27. The van der Waals surface area contributed by atoms with E-state index in [1.54, 1.807) is 0 Å². The van der Waals surface area contributed by atoms with Gasteiger partial charge in [-0.05, 0) is 62.8 Å². The first-order valence-corrected chi connectivity index (χ1v) is 9.52. The van der Waals surface area contributed by atoms with Crippen LogP contribution in [0.5, 0.6) is 0 Å². The molecule has 2 heteroatoms. The minimum atomic E-state index is 0.735. The number of rotatable bonds is 8. The van der Waals surface area contributed by atoms with Crippen LogP contribution in [0.1, 0.15) is 73.1 Å². The summed E-state index contributed by atoms with van der Waals surface area (Å²) in [6, 6.07) is 2.42. The summed E-state index contributed by atoms with van der Waals surface area (Å²) < 4.78 is 0. The van der Waals surface area contributed by atoms with E-state index in [2.05, 4.69) is 44.8 Å². The van der Waals surface area contributed by atoms with Gasteiger partial charge in [-0.15, -0.1) is 0 Å². The van der Waals surface area contributed by atoms with Crippen molar-refractivity contribution in [3.8, 4) is 0 Å². The monoisotopic (exact) mass is 294 g/mol. The van der Waals surface area contributed by atoms with Crippen molar-refractivity contribution in [1.82, 2.24) is 10.2 Å². The fourth-order valence-corrected chi connectivity index (χ4v) is 4.10. The third kappa shape index (κ3) is 4.96. The Morgan fingerprint density at radius 2 is 1.76 bits per heavy atom. The SMILES string of the molecule is CCCNC1CCC(C(C)C)CC1N(CC(C)C)C1CC1. The Kier molecular flexibility index (Phi) is 6.55. The Morgan fingerprint density at radius 3 is 2.29 bits per heavy atom. The number of nitrogens with one attached hydrogen (secondary N) is 1. The summed E-state index contributed by atoms with van der Waals surface area (Å²) >= 11 is 0. The van der Waals surface area contributed by atoms with Gasteiger partial charge in [-0.2, -0.15) is 0 Å². The van der Waals surface area contributed by atoms with Gasteiger partial charge >= 0.3 is 0 Å². The summed E-state index contributed by atoms with van der Waals surface area (Å²) in [5, 5.41) is 3.88. The van der Waals surface area contributed by atoms with E-state index in [0.717, 1.165) is 35.9 Å². The number of nitrogens with zero attached hydrogens (tertiary/aromatic N) is 1. The highest BCUT2D eigenvalue weighted by Crippen LogP contribution is 2.38. The Hall–Kier alpha value is -0.0800. The van der Waals surface area contributed by atoms with Crippen LogP contribution in [0.15, 0.2) is 0 Å². The van der Waals surface area contributed by atoms with Gasteiger partial charge in [0.1, 0.15) is 0 Å². The van der Waals surface area contributed by atoms with E-state index in [1.165, 1.54) is 51.6 Å².